The Bertz CT molecular complexity index is 16.2. The van der Waals surface area contributed by atoms with Crippen molar-refractivity contribution in [2.75, 3.05) is 0 Å². The zero-order valence-electron chi connectivity index (χ0n) is 10.2. The van der Waals surface area contributed by atoms with Crippen LogP contribution in [0.4, 0.5) is 0 Å². The Morgan fingerprint density at radius 2 is 0.833 bits per heavy atom. The van der Waals surface area contributed by atoms with Crippen molar-refractivity contribution in [2.24, 2.45) is 0 Å². The van der Waals surface area contributed by atoms with Gasteiger partial charge in [-0.1, -0.05) is 27.7 Å². The van der Waals surface area contributed by atoms with Crippen molar-refractivity contribution in [3.63, 3.8) is 0 Å². The molecule has 0 N–H and O–H groups in total. The Labute approximate surface area is 107 Å². The van der Waals surface area contributed by atoms with Gasteiger partial charge in [0.1, 0.15) is 0 Å². The molecule has 12 heavy (non-hydrogen) atoms. The second-order valence-electron chi connectivity index (χ2n) is 1.85. The van der Waals surface area contributed by atoms with Crippen LogP contribution < -0.4 is 0 Å². The average Bonchev–Trinajstić information content (AvgIpc) is 1.96. The Morgan fingerprint density at radius 3 is 0.833 bits per heavy atom. The normalized spacial score (nSPS) is 5.50. The first-order chi connectivity index (χ1) is 5.15. The van der Waals surface area contributed by atoms with Crippen LogP contribution in [-0.4, -0.2) is 0 Å². The van der Waals surface area contributed by atoms with Gasteiger partial charge < -0.3 is 26.2 Å². The number of hydrogen-bond acceptors (Lipinski definition) is 0. The monoisotopic (exact) mass is 248 g/mol. The van der Waals surface area contributed by atoms with Crippen molar-refractivity contribution in [1.29, 1.82) is 0 Å². The third-order valence-electron chi connectivity index (χ3n) is 0. The molecule has 0 heterocycles. The molecule has 0 aliphatic rings. The van der Waals surface area contributed by atoms with Gasteiger partial charge in [-0.15, -0.1) is 0 Å². The predicted molar refractivity (Wildman–Crippen MR) is 58.3 cm³/mol. The second kappa shape index (κ2) is 57.3. The van der Waals surface area contributed by atoms with Crippen molar-refractivity contribution < 1.29 is 32.7 Å². The van der Waals surface area contributed by atoms with Gasteiger partial charge in [0.05, 0.1) is 0 Å². The zero-order valence-corrected chi connectivity index (χ0v) is 13.0. The molecule has 0 bridgehead atoms. The van der Waals surface area contributed by atoms with Gasteiger partial charge in [-0.05, 0) is 0 Å². The van der Waals surface area contributed by atoms with Crippen LogP contribution in [0.3, 0.4) is 0 Å². The first-order valence-corrected chi connectivity index (χ1v) is 4.50. The molecular formula is C11H27Y. The fourth-order valence-electron chi connectivity index (χ4n) is 0. The van der Waals surface area contributed by atoms with E-state index >= 15 is 0 Å². The van der Waals surface area contributed by atoms with Crippen molar-refractivity contribution in [3.05, 3.63) is 19.8 Å². The Kier molecular flexibility index (Phi) is 140. The SMILES string of the molecule is CC.CC.C[C-](C)C.[CH2-]C[CH2-].[Y+3]. The molecule has 0 nitrogen and oxygen atoms in total. The molecule has 0 saturated carbocycles. The molecule has 1 heteroatoms. The van der Waals surface area contributed by atoms with Crippen molar-refractivity contribution >= 4 is 0 Å². The van der Waals surface area contributed by atoms with Gasteiger partial charge >= 0.3 is 32.7 Å². The van der Waals surface area contributed by atoms with E-state index in [0.717, 1.165) is 6.42 Å². The standard InChI is InChI=1S/C4H9.C3H6.2C2H6.Y/c1-4(2)3;1-3-2;2*1-2;/h1-3H3;1-3H2;2*1-2H3;/q-1;-2;;;+3. The van der Waals surface area contributed by atoms with Gasteiger partial charge in [0.15, 0.2) is 0 Å². The number of rotatable bonds is 0. The summed E-state index contributed by atoms with van der Waals surface area (Å²) in [5, 5.41) is 0. The quantitative estimate of drug-likeness (QED) is 0.544. The molecule has 0 aromatic heterocycles. The van der Waals surface area contributed by atoms with E-state index in [0.29, 0.717) is 0 Å². The van der Waals surface area contributed by atoms with Crippen LogP contribution in [0.2, 0.25) is 0 Å². The van der Waals surface area contributed by atoms with Crippen LogP contribution in [0.15, 0.2) is 0 Å². The van der Waals surface area contributed by atoms with Crippen LogP contribution in [-0.2, 0) is 32.7 Å². The molecule has 0 unspecified atom stereocenters. The van der Waals surface area contributed by atoms with Crippen molar-refractivity contribution in [2.45, 2.75) is 54.9 Å². The fourth-order valence-corrected chi connectivity index (χ4v) is 0. The molecule has 0 radical (unpaired) electrons. The van der Waals surface area contributed by atoms with E-state index in [4.69, 9.17) is 0 Å². The summed E-state index contributed by atoms with van der Waals surface area (Å²) in [6.45, 7) is 21.0. The summed E-state index contributed by atoms with van der Waals surface area (Å²) in [7, 11) is 0. The largest absolute Gasteiger partial charge is 3.00 e. The van der Waals surface area contributed by atoms with Gasteiger partial charge in [0.25, 0.3) is 0 Å². The second-order valence-corrected chi connectivity index (χ2v) is 1.85. The number of hydrogen-bond donors (Lipinski definition) is 0. The smallest absolute Gasteiger partial charge is 0.372 e. The van der Waals surface area contributed by atoms with Gasteiger partial charge in [0, 0.05) is 0 Å². The van der Waals surface area contributed by atoms with Crippen molar-refractivity contribution in [1.82, 2.24) is 0 Å². The van der Waals surface area contributed by atoms with Crippen LogP contribution in [0, 0.1) is 19.8 Å². The predicted octanol–water partition coefficient (Wildman–Crippen LogP) is 4.72. The summed E-state index contributed by atoms with van der Waals surface area (Å²) in [6.07, 6.45) is 0.750. The molecule has 0 saturated heterocycles. The molecule has 0 aliphatic carbocycles. The maximum atomic E-state index is 3.38. The molecular weight excluding hydrogens is 221 g/mol. The molecule has 0 atom stereocenters. The molecule has 0 rings (SSSR count). The van der Waals surface area contributed by atoms with E-state index in [1.54, 1.807) is 0 Å². The van der Waals surface area contributed by atoms with E-state index in [1.165, 1.54) is 5.92 Å². The summed E-state index contributed by atoms with van der Waals surface area (Å²) in [4.78, 5) is 0. The summed E-state index contributed by atoms with van der Waals surface area (Å²) in [5.41, 5.74) is 0. The third-order valence-corrected chi connectivity index (χ3v) is 0. The van der Waals surface area contributed by atoms with E-state index in [1.807, 2.05) is 27.7 Å². The zero-order chi connectivity index (χ0) is 10.3. The minimum atomic E-state index is 0. The van der Waals surface area contributed by atoms with E-state index in [2.05, 4.69) is 34.6 Å². The molecule has 0 amide bonds. The molecule has 0 aromatic rings. The van der Waals surface area contributed by atoms with E-state index < -0.39 is 0 Å². The minimum absolute atomic E-state index is 0. The average molecular weight is 248 g/mol. The van der Waals surface area contributed by atoms with E-state index in [-0.39, 0.29) is 32.7 Å². The third kappa shape index (κ3) is 930. The summed E-state index contributed by atoms with van der Waals surface area (Å²) in [5.74, 6) is 1.42. The van der Waals surface area contributed by atoms with Crippen LogP contribution in [0.25, 0.3) is 0 Å². The fraction of sp³-hybridized carbons (Fsp3) is 0.727. The van der Waals surface area contributed by atoms with Gasteiger partial charge in [-0.3, -0.25) is 0 Å². The topological polar surface area (TPSA) is 0 Å². The summed E-state index contributed by atoms with van der Waals surface area (Å²) in [6, 6.07) is 0. The Balaban J connectivity index is -0.0000000186. The van der Waals surface area contributed by atoms with E-state index in [9.17, 15) is 0 Å². The van der Waals surface area contributed by atoms with Crippen LogP contribution >= 0.6 is 0 Å². The minimum Gasteiger partial charge on any atom is -0.372 e. The Hall–Kier alpha value is 1.10. The van der Waals surface area contributed by atoms with Crippen LogP contribution in [0.5, 0.6) is 0 Å². The molecule has 74 valence electrons. The van der Waals surface area contributed by atoms with Crippen molar-refractivity contribution in [3.8, 4) is 0 Å². The summed E-state index contributed by atoms with van der Waals surface area (Å²) < 4.78 is 0. The van der Waals surface area contributed by atoms with Gasteiger partial charge in [0.2, 0.25) is 0 Å². The molecule has 0 aromatic carbocycles. The maximum absolute atomic E-state index is 3.38. The maximum Gasteiger partial charge on any atom is 3.00 e. The first-order valence-electron chi connectivity index (χ1n) is 4.50. The molecule has 0 aliphatic heterocycles. The van der Waals surface area contributed by atoms with Gasteiger partial charge in [-0.2, -0.15) is 20.8 Å². The van der Waals surface area contributed by atoms with Gasteiger partial charge in [-0.25, -0.2) is 0 Å². The van der Waals surface area contributed by atoms with Crippen LogP contribution in [0.1, 0.15) is 54.9 Å². The Morgan fingerprint density at radius 1 is 0.833 bits per heavy atom. The molecule has 0 spiro atoms. The summed E-state index contributed by atoms with van der Waals surface area (Å²) >= 11 is 0. The molecule has 0 fully saturated rings. The first kappa shape index (κ1) is 29.2.